The molecule has 0 atom stereocenters. The molecule has 0 bridgehead atoms. The van der Waals surface area contributed by atoms with Crippen LogP contribution in [0.15, 0.2) is 24.3 Å². The van der Waals surface area contributed by atoms with Crippen LogP contribution >= 0.6 is 0 Å². The highest BCUT2D eigenvalue weighted by atomic mass is 16.5. The smallest absolute Gasteiger partial charge is 0.260 e. The lowest BCUT2D eigenvalue weighted by Gasteiger charge is -2.04. The average Bonchev–Trinajstić information content (AvgIpc) is 2.31. The van der Waals surface area contributed by atoms with Gasteiger partial charge < -0.3 is 10.5 Å². The third-order valence-corrected chi connectivity index (χ3v) is 2.18. The van der Waals surface area contributed by atoms with Crippen LogP contribution in [0.4, 0.5) is 5.82 Å². The van der Waals surface area contributed by atoms with E-state index >= 15 is 0 Å². The van der Waals surface area contributed by atoms with E-state index in [0.29, 0.717) is 11.7 Å². The zero-order valence-electron chi connectivity index (χ0n) is 9.14. The first-order valence-corrected chi connectivity index (χ1v) is 4.82. The molecule has 1 aromatic carbocycles. The Morgan fingerprint density at radius 1 is 1.12 bits per heavy atom. The molecule has 0 aliphatic rings. The van der Waals surface area contributed by atoms with Gasteiger partial charge in [0.15, 0.2) is 5.82 Å². The molecule has 0 aliphatic carbocycles. The molecule has 0 saturated heterocycles. The lowest BCUT2D eigenvalue weighted by Crippen LogP contribution is -2.02. The van der Waals surface area contributed by atoms with Crippen molar-refractivity contribution in [1.82, 2.24) is 15.2 Å². The van der Waals surface area contributed by atoms with Crippen molar-refractivity contribution in [2.75, 3.05) is 12.8 Å². The first kappa shape index (κ1) is 10.4. The van der Waals surface area contributed by atoms with Crippen molar-refractivity contribution in [2.24, 2.45) is 0 Å². The zero-order chi connectivity index (χ0) is 11.5. The summed E-state index contributed by atoms with van der Waals surface area (Å²) in [5.41, 5.74) is 7.61. The van der Waals surface area contributed by atoms with Gasteiger partial charge in [-0.15, -0.1) is 10.2 Å². The Labute approximate surface area is 93.3 Å². The maximum Gasteiger partial charge on any atom is 0.260 e. The molecule has 0 amide bonds. The first-order valence-electron chi connectivity index (χ1n) is 4.82. The zero-order valence-corrected chi connectivity index (χ0v) is 9.14. The SMILES string of the molecule is COc1nc(-c2ccc(C)cc2)nnc1N. The summed E-state index contributed by atoms with van der Waals surface area (Å²) >= 11 is 0. The molecule has 82 valence electrons. The van der Waals surface area contributed by atoms with Gasteiger partial charge in [0.25, 0.3) is 5.88 Å². The first-order chi connectivity index (χ1) is 7.70. The molecular formula is C11H12N4O. The summed E-state index contributed by atoms with van der Waals surface area (Å²) in [7, 11) is 1.50. The quantitative estimate of drug-likeness (QED) is 0.822. The van der Waals surface area contributed by atoms with Crippen LogP contribution in [0.3, 0.4) is 0 Å². The number of aromatic nitrogens is 3. The molecule has 0 fully saturated rings. The summed E-state index contributed by atoms with van der Waals surface area (Å²) in [6.45, 7) is 2.02. The van der Waals surface area contributed by atoms with E-state index in [0.717, 1.165) is 5.56 Å². The Hall–Kier alpha value is -2.17. The Balaban J connectivity index is 2.44. The standard InChI is InChI=1S/C11H12N4O/c1-7-3-5-8(6-4-7)10-13-11(16-2)9(12)14-15-10/h3-6H,1-2H3,(H2,12,14). The van der Waals surface area contributed by atoms with E-state index in [1.807, 2.05) is 31.2 Å². The number of anilines is 1. The van der Waals surface area contributed by atoms with Gasteiger partial charge in [-0.05, 0) is 6.92 Å². The van der Waals surface area contributed by atoms with Gasteiger partial charge in [0.05, 0.1) is 7.11 Å². The number of aryl methyl sites for hydroxylation is 1. The van der Waals surface area contributed by atoms with E-state index in [-0.39, 0.29) is 5.82 Å². The van der Waals surface area contributed by atoms with Crippen LogP contribution in [0, 0.1) is 6.92 Å². The normalized spacial score (nSPS) is 10.1. The number of nitrogens with two attached hydrogens (primary N) is 1. The topological polar surface area (TPSA) is 73.9 Å². The summed E-state index contributed by atoms with van der Waals surface area (Å²) in [5.74, 6) is 0.995. The molecule has 0 radical (unpaired) electrons. The second-order valence-corrected chi connectivity index (χ2v) is 3.40. The number of nitrogens with zero attached hydrogens (tertiary/aromatic N) is 3. The molecular weight excluding hydrogens is 204 g/mol. The van der Waals surface area contributed by atoms with Gasteiger partial charge in [0.2, 0.25) is 5.82 Å². The molecule has 1 heterocycles. The number of benzene rings is 1. The summed E-state index contributed by atoms with van der Waals surface area (Å²) in [6, 6.07) is 7.84. The monoisotopic (exact) mass is 216 g/mol. The predicted molar refractivity (Wildman–Crippen MR) is 61.0 cm³/mol. The van der Waals surface area contributed by atoms with Gasteiger partial charge in [-0.1, -0.05) is 29.8 Å². The number of ether oxygens (including phenoxy) is 1. The number of hydrogen-bond acceptors (Lipinski definition) is 5. The maximum atomic E-state index is 5.54. The van der Waals surface area contributed by atoms with Crippen molar-refractivity contribution in [2.45, 2.75) is 6.92 Å². The Bertz CT molecular complexity index is 496. The second-order valence-electron chi connectivity index (χ2n) is 3.40. The van der Waals surface area contributed by atoms with Crippen molar-refractivity contribution in [3.63, 3.8) is 0 Å². The largest absolute Gasteiger partial charge is 0.478 e. The van der Waals surface area contributed by atoms with E-state index < -0.39 is 0 Å². The van der Waals surface area contributed by atoms with Gasteiger partial charge in [-0.2, -0.15) is 4.98 Å². The van der Waals surface area contributed by atoms with Gasteiger partial charge in [0.1, 0.15) is 0 Å². The molecule has 16 heavy (non-hydrogen) atoms. The molecule has 0 unspecified atom stereocenters. The molecule has 5 nitrogen and oxygen atoms in total. The van der Waals surface area contributed by atoms with E-state index in [4.69, 9.17) is 10.5 Å². The number of nitrogen functional groups attached to an aromatic ring is 1. The molecule has 2 rings (SSSR count). The average molecular weight is 216 g/mol. The fourth-order valence-electron chi connectivity index (χ4n) is 1.29. The fourth-order valence-corrected chi connectivity index (χ4v) is 1.29. The molecule has 0 saturated carbocycles. The van der Waals surface area contributed by atoms with Crippen LogP contribution in [0.5, 0.6) is 5.88 Å². The molecule has 1 aromatic heterocycles. The summed E-state index contributed by atoms with van der Waals surface area (Å²) < 4.78 is 4.99. The molecule has 0 spiro atoms. The van der Waals surface area contributed by atoms with Crippen molar-refractivity contribution < 1.29 is 4.74 Å². The molecule has 2 aromatic rings. The molecule has 2 N–H and O–H groups in total. The van der Waals surface area contributed by atoms with Gasteiger partial charge in [-0.25, -0.2) is 0 Å². The van der Waals surface area contributed by atoms with E-state index in [2.05, 4.69) is 15.2 Å². The minimum Gasteiger partial charge on any atom is -0.478 e. The van der Waals surface area contributed by atoms with Crippen LogP contribution in [-0.2, 0) is 0 Å². The minimum atomic E-state index is 0.193. The number of rotatable bonds is 2. The van der Waals surface area contributed by atoms with Gasteiger partial charge >= 0.3 is 0 Å². The van der Waals surface area contributed by atoms with E-state index in [1.54, 1.807) is 0 Å². The molecule has 0 aliphatic heterocycles. The number of hydrogen-bond donors (Lipinski definition) is 1. The highest BCUT2D eigenvalue weighted by Crippen LogP contribution is 2.20. The van der Waals surface area contributed by atoms with Crippen molar-refractivity contribution in [1.29, 1.82) is 0 Å². The van der Waals surface area contributed by atoms with Crippen LogP contribution in [0.2, 0.25) is 0 Å². The van der Waals surface area contributed by atoms with Gasteiger partial charge in [-0.3, -0.25) is 0 Å². The van der Waals surface area contributed by atoms with Crippen molar-refractivity contribution in [3.8, 4) is 17.3 Å². The lowest BCUT2D eigenvalue weighted by atomic mass is 10.1. The lowest BCUT2D eigenvalue weighted by molar-refractivity contribution is 0.397. The number of methoxy groups -OCH3 is 1. The summed E-state index contributed by atoms with van der Waals surface area (Å²) in [6.07, 6.45) is 0. The van der Waals surface area contributed by atoms with E-state index in [9.17, 15) is 0 Å². The van der Waals surface area contributed by atoms with Gasteiger partial charge in [0, 0.05) is 5.56 Å². The summed E-state index contributed by atoms with van der Waals surface area (Å²) in [4.78, 5) is 4.17. The predicted octanol–water partition coefficient (Wildman–Crippen LogP) is 1.44. The Kier molecular flexibility index (Phi) is 2.68. The maximum absolute atomic E-state index is 5.54. The van der Waals surface area contributed by atoms with Crippen molar-refractivity contribution >= 4 is 5.82 Å². The molecule has 5 heteroatoms. The van der Waals surface area contributed by atoms with Crippen molar-refractivity contribution in [3.05, 3.63) is 29.8 Å². The highest BCUT2D eigenvalue weighted by molar-refractivity contribution is 5.56. The Morgan fingerprint density at radius 2 is 1.81 bits per heavy atom. The van der Waals surface area contributed by atoms with Crippen LogP contribution in [0.25, 0.3) is 11.4 Å². The third kappa shape index (κ3) is 1.93. The third-order valence-electron chi connectivity index (χ3n) is 2.18. The highest BCUT2D eigenvalue weighted by Gasteiger charge is 2.07. The van der Waals surface area contributed by atoms with E-state index in [1.165, 1.54) is 12.7 Å². The Morgan fingerprint density at radius 3 is 2.44 bits per heavy atom. The summed E-state index contributed by atoms with van der Waals surface area (Å²) in [5, 5.41) is 7.71. The van der Waals surface area contributed by atoms with Crippen LogP contribution < -0.4 is 10.5 Å². The second kappa shape index (κ2) is 4.14. The van der Waals surface area contributed by atoms with Crippen LogP contribution in [0.1, 0.15) is 5.56 Å². The minimum absolute atomic E-state index is 0.193. The fraction of sp³-hybridized carbons (Fsp3) is 0.182. The van der Waals surface area contributed by atoms with Crippen LogP contribution in [-0.4, -0.2) is 22.3 Å².